The Morgan fingerprint density at radius 3 is 2.88 bits per heavy atom. The second-order valence-corrected chi connectivity index (χ2v) is 5.23. The highest BCUT2D eigenvalue weighted by molar-refractivity contribution is 6.30. The fourth-order valence-corrected chi connectivity index (χ4v) is 2.83. The molecule has 2 N–H and O–H groups in total. The maximum atomic E-state index is 6.00. The van der Waals surface area contributed by atoms with Gasteiger partial charge in [0.15, 0.2) is 0 Å². The van der Waals surface area contributed by atoms with Gasteiger partial charge < -0.3 is 15.4 Å². The van der Waals surface area contributed by atoms with Crippen LogP contribution in [0.25, 0.3) is 0 Å². The lowest BCUT2D eigenvalue weighted by Crippen LogP contribution is -2.42. The number of hydrogen-bond donors (Lipinski definition) is 2. The lowest BCUT2D eigenvalue weighted by molar-refractivity contribution is 0.220. The van der Waals surface area contributed by atoms with Crippen molar-refractivity contribution in [3.8, 4) is 5.75 Å². The zero-order valence-electron chi connectivity index (χ0n) is 9.71. The summed E-state index contributed by atoms with van der Waals surface area (Å²) in [5, 5.41) is 7.72. The third kappa shape index (κ3) is 2.35. The molecule has 1 unspecified atom stereocenters. The minimum atomic E-state index is 0.420. The van der Waals surface area contributed by atoms with Crippen LogP contribution in [-0.4, -0.2) is 25.7 Å². The van der Waals surface area contributed by atoms with E-state index >= 15 is 0 Å². The molecule has 0 amide bonds. The van der Waals surface area contributed by atoms with Crippen molar-refractivity contribution in [3.63, 3.8) is 0 Å². The van der Waals surface area contributed by atoms with Crippen molar-refractivity contribution >= 4 is 17.3 Å². The minimum Gasteiger partial charge on any atom is -0.489 e. The first-order chi connectivity index (χ1) is 8.33. The molecule has 1 aromatic rings. The molecule has 0 bridgehead atoms. The normalized spacial score (nSPS) is 24.6. The molecule has 0 saturated carbocycles. The maximum absolute atomic E-state index is 6.00. The zero-order valence-corrected chi connectivity index (χ0v) is 10.5. The second-order valence-electron chi connectivity index (χ2n) is 4.79. The van der Waals surface area contributed by atoms with Gasteiger partial charge in [0.05, 0.1) is 11.7 Å². The Labute approximate surface area is 106 Å². The van der Waals surface area contributed by atoms with E-state index in [4.69, 9.17) is 16.3 Å². The Hall–Kier alpha value is -0.930. The van der Waals surface area contributed by atoms with Crippen LogP contribution >= 0.6 is 11.6 Å². The van der Waals surface area contributed by atoms with E-state index in [1.165, 1.54) is 12.8 Å². The fourth-order valence-electron chi connectivity index (χ4n) is 2.66. The summed E-state index contributed by atoms with van der Waals surface area (Å²) < 4.78 is 5.80. The monoisotopic (exact) mass is 252 g/mol. The first-order valence-corrected chi connectivity index (χ1v) is 6.60. The first kappa shape index (κ1) is 11.2. The second kappa shape index (κ2) is 4.75. The van der Waals surface area contributed by atoms with Crippen molar-refractivity contribution in [2.75, 3.05) is 25.0 Å². The predicted molar refractivity (Wildman–Crippen MR) is 70.0 cm³/mol. The van der Waals surface area contributed by atoms with E-state index in [2.05, 4.69) is 10.6 Å². The van der Waals surface area contributed by atoms with Gasteiger partial charge in [-0.25, -0.2) is 0 Å². The molecule has 4 heteroatoms. The van der Waals surface area contributed by atoms with Crippen LogP contribution in [0, 0.1) is 5.92 Å². The zero-order chi connectivity index (χ0) is 11.7. The van der Waals surface area contributed by atoms with E-state index in [-0.39, 0.29) is 0 Å². The lowest BCUT2D eigenvalue weighted by Gasteiger charge is -2.35. The van der Waals surface area contributed by atoms with Crippen LogP contribution in [-0.2, 0) is 0 Å². The quantitative estimate of drug-likeness (QED) is 0.806. The number of ether oxygens (including phenoxy) is 1. The van der Waals surface area contributed by atoms with Gasteiger partial charge >= 0.3 is 0 Å². The highest BCUT2D eigenvalue weighted by Gasteiger charge is 2.27. The smallest absolute Gasteiger partial charge is 0.142 e. The van der Waals surface area contributed by atoms with Crippen molar-refractivity contribution in [1.29, 1.82) is 0 Å². The maximum Gasteiger partial charge on any atom is 0.142 e. The van der Waals surface area contributed by atoms with Crippen molar-refractivity contribution in [2.45, 2.75) is 18.9 Å². The summed E-state index contributed by atoms with van der Waals surface area (Å²) in [7, 11) is 0. The molecule has 2 heterocycles. The molecule has 3 rings (SSSR count). The van der Waals surface area contributed by atoms with Crippen LogP contribution in [0.15, 0.2) is 18.2 Å². The summed E-state index contributed by atoms with van der Waals surface area (Å²) in [5.41, 5.74) is 1.03. The van der Waals surface area contributed by atoms with E-state index < -0.39 is 0 Å². The van der Waals surface area contributed by atoms with Crippen molar-refractivity contribution < 1.29 is 4.74 Å². The van der Waals surface area contributed by atoms with E-state index in [0.717, 1.165) is 36.2 Å². The molecule has 17 heavy (non-hydrogen) atoms. The number of nitrogens with one attached hydrogen (secondary N) is 2. The average molecular weight is 253 g/mol. The minimum absolute atomic E-state index is 0.420. The molecule has 1 saturated heterocycles. The summed E-state index contributed by atoms with van der Waals surface area (Å²) in [4.78, 5) is 0. The summed E-state index contributed by atoms with van der Waals surface area (Å²) in [6.07, 6.45) is 2.44. The van der Waals surface area contributed by atoms with Gasteiger partial charge in [-0.3, -0.25) is 0 Å². The third-order valence-corrected chi connectivity index (χ3v) is 3.89. The Bertz CT molecular complexity index is 404. The van der Waals surface area contributed by atoms with Gasteiger partial charge in [-0.05, 0) is 50.0 Å². The van der Waals surface area contributed by atoms with Crippen molar-refractivity contribution in [2.24, 2.45) is 5.92 Å². The van der Waals surface area contributed by atoms with Gasteiger partial charge in [0.1, 0.15) is 12.4 Å². The Morgan fingerprint density at radius 2 is 2.06 bits per heavy atom. The molecule has 0 spiro atoms. The Kier molecular flexibility index (Phi) is 3.12. The predicted octanol–water partition coefficient (Wildman–Crippen LogP) is 2.51. The van der Waals surface area contributed by atoms with Gasteiger partial charge in [-0.2, -0.15) is 0 Å². The number of rotatable bonds is 1. The Morgan fingerprint density at radius 1 is 1.24 bits per heavy atom. The molecule has 3 nitrogen and oxygen atoms in total. The molecule has 1 atom stereocenters. The summed E-state index contributed by atoms with van der Waals surface area (Å²) in [5.74, 6) is 1.61. The van der Waals surface area contributed by atoms with Crippen LogP contribution in [0.2, 0.25) is 5.02 Å². The summed E-state index contributed by atoms with van der Waals surface area (Å²) in [6.45, 7) is 3.00. The Balaban J connectivity index is 1.75. The van der Waals surface area contributed by atoms with Crippen LogP contribution in [0.3, 0.4) is 0 Å². The van der Waals surface area contributed by atoms with Crippen LogP contribution < -0.4 is 15.4 Å². The van der Waals surface area contributed by atoms with E-state index in [1.54, 1.807) is 0 Å². The van der Waals surface area contributed by atoms with E-state index in [0.29, 0.717) is 12.0 Å². The van der Waals surface area contributed by atoms with Crippen LogP contribution in [0.1, 0.15) is 12.8 Å². The van der Waals surface area contributed by atoms with Gasteiger partial charge in [0, 0.05) is 5.02 Å². The molecule has 0 radical (unpaired) electrons. The topological polar surface area (TPSA) is 33.3 Å². The summed E-state index contributed by atoms with van der Waals surface area (Å²) in [6, 6.07) is 6.17. The number of hydrogen-bond acceptors (Lipinski definition) is 3. The molecular formula is C13H17ClN2O. The molecule has 1 aromatic carbocycles. The molecule has 2 aliphatic rings. The number of halogens is 1. The van der Waals surface area contributed by atoms with Gasteiger partial charge in [0.25, 0.3) is 0 Å². The highest BCUT2D eigenvalue weighted by Crippen LogP contribution is 2.34. The largest absolute Gasteiger partial charge is 0.489 e. The standard InChI is InChI=1S/C13H17ClN2O/c14-10-1-2-13-11(7-10)16-12(8-17-13)9-3-5-15-6-4-9/h1-2,7,9,12,15-16H,3-6,8H2. The first-order valence-electron chi connectivity index (χ1n) is 6.22. The number of piperidine rings is 1. The molecular weight excluding hydrogens is 236 g/mol. The average Bonchev–Trinajstić information content (AvgIpc) is 2.39. The molecule has 2 aliphatic heterocycles. The number of fused-ring (bicyclic) bond motifs is 1. The third-order valence-electron chi connectivity index (χ3n) is 3.65. The number of benzene rings is 1. The molecule has 1 fully saturated rings. The van der Waals surface area contributed by atoms with E-state index in [1.807, 2.05) is 18.2 Å². The van der Waals surface area contributed by atoms with Gasteiger partial charge in [-0.15, -0.1) is 0 Å². The van der Waals surface area contributed by atoms with Gasteiger partial charge in [0.2, 0.25) is 0 Å². The molecule has 92 valence electrons. The molecule has 0 aliphatic carbocycles. The van der Waals surface area contributed by atoms with Crippen molar-refractivity contribution in [3.05, 3.63) is 23.2 Å². The lowest BCUT2D eigenvalue weighted by atomic mass is 9.90. The summed E-state index contributed by atoms with van der Waals surface area (Å²) >= 11 is 6.00. The highest BCUT2D eigenvalue weighted by atomic mass is 35.5. The molecule has 0 aromatic heterocycles. The fraction of sp³-hybridized carbons (Fsp3) is 0.538. The van der Waals surface area contributed by atoms with Gasteiger partial charge in [-0.1, -0.05) is 11.6 Å². The number of anilines is 1. The van der Waals surface area contributed by atoms with Crippen LogP contribution in [0.4, 0.5) is 5.69 Å². The van der Waals surface area contributed by atoms with E-state index in [9.17, 15) is 0 Å². The SMILES string of the molecule is Clc1ccc2c(c1)NC(C1CCNCC1)CO2. The van der Waals surface area contributed by atoms with Crippen LogP contribution in [0.5, 0.6) is 5.75 Å². The van der Waals surface area contributed by atoms with Crippen molar-refractivity contribution in [1.82, 2.24) is 5.32 Å².